The zero-order valence-corrected chi connectivity index (χ0v) is 35.3. The molecule has 0 amide bonds. The molecule has 1 aromatic heterocycles. The Morgan fingerprint density at radius 3 is 1.36 bits per heavy atom. The van der Waals surface area contributed by atoms with Crippen molar-refractivity contribution in [3.63, 3.8) is 0 Å². The van der Waals surface area contributed by atoms with Crippen LogP contribution in [0.1, 0.15) is 0 Å². The van der Waals surface area contributed by atoms with Gasteiger partial charge in [0.1, 0.15) is 0 Å². The predicted octanol–water partition coefficient (Wildman–Crippen LogP) is 13.4. The fraction of sp³-hybridized carbons (Fsp3) is 0. The van der Waals surface area contributed by atoms with Crippen molar-refractivity contribution in [3.05, 3.63) is 249 Å². The normalized spacial score (nSPS) is 11.6. The van der Waals surface area contributed by atoms with Crippen LogP contribution in [-0.4, -0.2) is 8.07 Å². The van der Waals surface area contributed by atoms with Crippen LogP contribution in [0, 0.1) is 0 Å². The Balaban J connectivity index is 0.996. The third kappa shape index (κ3) is 6.56. The van der Waals surface area contributed by atoms with E-state index in [2.05, 4.69) is 254 Å². The van der Waals surface area contributed by atoms with Gasteiger partial charge >= 0.3 is 0 Å². The molecule has 288 valence electrons. The zero-order valence-electron chi connectivity index (χ0n) is 33.5. The molecule has 10 aromatic carbocycles. The molecule has 0 bridgehead atoms. The van der Waals surface area contributed by atoms with E-state index in [1.54, 1.807) is 0 Å². The van der Waals surface area contributed by atoms with Crippen LogP contribution in [-0.2, 0) is 0 Å². The lowest BCUT2D eigenvalue weighted by Gasteiger charge is -2.34. The monoisotopic (exact) mass is 811 g/mol. The predicted molar refractivity (Wildman–Crippen MR) is 266 cm³/mol. The lowest BCUT2D eigenvalue weighted by molar-refractivity contribution is 1.30. The van der Waals surface area contributed by atoms with E-state index in [1.807, 2.05) is 11.3 Å². The first-order valence-corrected chi connectivity index (χ1v) is 23.7. The molecule has 0 saturated carbocycles. The molecule has 11 aromatic rings. The number of benzene rings is 10. The Kier molecular flexibility index (Phi) is 9.46. The van der Waals surface area contributed by atoms with Crippen molar-refractivity contribution in [2.45, 2.75) is 0 Å². The highest BCUT2D eigenvalue weighted by molar-refractivity contribution is 7.26. The molecule has 0 aliphatic heterocycles. The lowest BCUT2D eigenvalue weighted by Crippen LogP contribution is -2.74. The van der Waals surface area contributed by atoms with Crippen LogP contribution < -0.4 is 25.6 Å². The van der Waals surface area contributed by atoms with Crippen LogP contribution >= 0.6 is 11.3 Å². The Labute approximate surface area is 362 Å². The second kappa shape index (κ2) is 15.7. The minimum Gasteiger partial charge on any atom is -0.310 e. The molecule has 61 heavy (non-hydrogen) atoms. The van der Waals surface area contributed by atoms with E-state index in [0.29, 0.717) is 0 Å². The summed E-state index contributed by atoms with van der Waals surface area (Å²) in [7, 11) is -2.60. The molecule has 1 heterocycles. The molecule has 1 nitrogen and oxygen atoms in total. The van der Waals surface area contributed by atoms with Crippen molar-refractivity contribution in [2.75, 3.05) is 4.90 Å². The third-order valence-electron chi connectivity index (χ3n) is 12.2. The summed E-state index contributed by atoms with van der Waals surface area (Å²) in [6.45, 7) is 0. The number of nitrogens with zero attached hydrogens (tertiary/aromatic N) is 1. The van der Waals surface area contributed by atoms with Gasteiger partial charge in [0, 0.05) is 36.9 Å². The fourth-order valence-electron chi connectivity index (χ4n) is 9.33. The highest BCUT2D eigenvalue weighted by atomic mass is 32.1. The average Bonchev–Trinajstić information content (AvgIpc) is 3.71. The van der Waals surface area contributed by atoms with E-state index >= 15 is 0 Å². The molecule has 0 radical (unpaired) electrons. The molecule has 0 saturated heterocycles. The summed E-state index contributed by atoms with van der Waals surface area (Å²) in [6.07, 6.45) is 0. The SMILES string of the molecule is c1ccc(-c2ccc3c(c2)sc2cc(N(c4ccc(-c5ccc([Si](c6ccccc6)(c6ccccc6)c6ccccc6)cc5)cc4)c4cccc5ccccc45)ccc23)cc1. The Hall–Kier alpha value is -7.30. The molecule has 0 spiro atoms. The van der Waals surface area contributed by atoms with Crippen molar-refractivity contribution in [2.24, 2.45) is 0 Å². The van der Waals surface area contributed by atoms with Crippen LogP contribution in [0.25, 0.3) is 53.2 Å². The van der Waals surface area contributed by atoms with E-state index in [0.717, 1.165) is 17.1 Å². The topological polar surface area (TPSA) is 3.24 Å². The molecule has 0 fully saturated rings. The second-order valence-corrected chi connectivity index (χ2v) is 20.6. The van der Waals surface area contributed by atoms with E-state index < -0.39 is 8.07 Å². The van der Waals surface area contributed by atoms with Gasteiger partial charge in [-0.25, -0.2) is 0 Å². The molecular weight excluding hydrogens is 771 g/mol. The first kappa shape index (κ1) is 36.8. The van der Waals surface area contributed by atoms with E-state index in [1.165, 1.54) is 73.9 Å². The van der Waals surface area contributed by atoms with E-state index in [9.17, 15) is 0 Å². The van der Waals surface area contributed by atoms with Crippen molar-refractivity contribution < 1.29 is 0 Å². The van der Waals surface area contributed by atoms with Gasteiger partial charge in [-0.15, -0.1) is 11.3 Å². The maximum atomic E-state index is 2.42. The van der Waals surface area contributed by atoms with Gasteiger partial charge in [-0.2, -0.15) is 0 Å². The Bertz CT molecular complexity index is 3170. The maximum absolute atomic E-state index is 2.60. The number of hydrogen-bond acceptors (Lipinski definition) is 2. The van der Waals surface area contributed by atoms with Crippen LogP contribution in [0.3, 0.4) is 0 Å². The van der Waals surface area contributed by atoms with Crippen molar-refractivity contribution >= 4 is 88.2 Å². The summed E-state index contributed by atoms with van der Waals surface area (Å²) < 4.78 is 2.58. The molecule has 11 rings (SSSR count). The first-order chi connectivity index (χ1) is 30.2. The quantitative estimate of drug-likeness (QED) is 0.104. The van der Waals surface area contributed by atoms with Gasteiger partial charge in [-0.05, 0) is 84.8 Å². The molecule has 0 aliphatic rings. The van der Waals surface area contributed by atoms with Gasteiger partial charge in [0.25, 0.3) is 0 Å². The third-order valence-corrected chi connectivity index (χ3v) is 18.1. The summed E-state index contributed by atoms with van der Waals surface area (Å²) in [5, 5.41) is 10.5. The summed E-state index contributed by atoms with van der Waals surface area (Å²) in [4.78, 5) is 2.42. The molecule has 0 atom stereocenters. The van der Waals surface area contributed by atoms with Gasteiger partial charge in [0.2, 0.25) is 0 Å². The average molecular weight is 812 g/mol. The largest absolute Gasteiger partial charge is 0.310 e. The Morgan fingerprint density at radius 2 is 0.738 bits per heavy atom. The minimum absolute atomic E-state index is 1.12. The van der Waals surface area contributed by atoms with E-state index in [4.69, 9.17) is 0 Å². The van der Waals surface area contributed by atoms with Gasteiger partial charge in [0.15, 0.2) is 8.07 Å². The first-order valence-electron chi connectivity index (χ1n) is 20.9. The second-order valence-electron chi connectivity index (χ2n) is 15.7. The van der Waals surface area contributed by atoms with Crippen molar-refractivity contribution in [1.29, 1.82) is 0 Å². The number of anilines is 3. The van der Waals surface area contributed by atoms with E-state index in [-0.39, 0.29) is 0 Å². The smallest absolute Gasteiger partial charge is 0.179 e. The lowest BCUT2D eigenvalue weighted by atomic mass is 10.0. The van der Waals surface area contributed by atoms with Crippen LogP contribution in [0.15, 0.2) is 249 Å². The molecule has 0 aliphatic carbocycles. The number of thiophene rings is 1. The Morgan fingerprint density at radius 1 is 0.295 bits per heavy atom. The minimum atomic E-state index is -2.60. The standard InChI is InChI=1S/C58H41NSSi/c1-5-16-42(17-6-1)46-32-38-54-55-39-35-48(41-58(55)60-57(54)40-46)59(56-27-15-19-45-18-13-14-26-53(45)56)47-33-28-43(29-34-47)44-30-36-52(37-31-44)61(49-20-7-2-8-21-49,50-22-9-3-10-23-50)51-24-11-4-12-25-51/h1-41H. The maximum Gasteiger partial charge on any atom is 0.179 e. The molecule has 0 N–H and O–H groups in total. The summed E-state index contributed by atoms with van der Waals surface area (Å²) in [5.41, 5.74) is 8.29. The van der Waals surface area contributed by atoms with Crippen molar-refractivity contribution in [3.8, 4) is 22.3 Å². The summed E-state index contributed by atoms with van der Waals surface area (Å²) in [5.74, 6) is 0. The molecular formula is C58H41NSSi. The van der Waals surface area contributed by atoms with Crippen LogP contribution in [0.2, 0.25) is 0 Å². The highest BCUT2D eigenvalue weighted by Crippen LogP contribution is 2.43. The highest BCUT2D eigenvalue weighted by Gasteiger charge is 2.41. The molecule has 3 heteroatoms. The zero-order chi connectivity index (χ0) is 40.6. The van der Waals surface area contributed by atoms with Crippen LogP contribution in [0.4, 0.5) is 17.1 Å². The van der Waals surface area contributed by atoms with Gasteiger partial charge in [0.05, 0.1) is 5.69 Å². The fourth-order valence-corrected chi connectivity index (χ4v) is 15.2. The van der Waals surface area contributed by atoms with Crippen molar-refractivity contribution in [1.82, 2.24) is 0 Å². The summed E-state index contributed by atoms with van der Waals surface area (Å²) >= 11 is 1.87. The van der Waals surface area contributed by atoms with Gasteiger partial charge in [-0.1, -0.05) is 212 Å². The van der Waals surface area contributed by atoms with Crippen LogP contribution in [0.5, 0.6) is 0 Å². The number of hydrogen-bond donors (Lipinski definition) is 0. The summed E-state index contributed by atoms with van der Waals surface area (Å²) in [6, 6.07) is 91.8. The van der Waals surface area contributed by atoms with Gasteiger partial charge < -0.3 is 4.90 Å². The molecule has 0 unspecified atom stereocenters. The number of fused-ring (bicyclic) bond motifs is 4. The number of rotatable bonds is 9. The van der Waals surface area contributed by atoms with Gasteiger partial charge in [-0.3, -0.25) is 0 Å².